The summed E-state index contributed by atoms with van der Waals surface area (Å²) in [6.07, 6.45) is 90.0. The van der Waals surface area contributed by atoms with E-state index in [9.17, 15) is 43.2 Å². The third-order valence-electron chi connectivity index (χ3n) is 16.9. The largest absolute Gasteiger partial charge is 0.472 e. The maximum absolute atomic E-state index is 13.1. The minimum Gasteiger partial charge on any atom is -0.462 e. The fourth-order valence-electron chi connectivity index (χ4n) is 10.7. The molecule has 0 aromatic carbocycles. The minimum absolute atomic E-state index is 0.0331. The molecular weight excluding hydrogens is 1380 g/mol. The van der Waals surface area contributed by atoms with E-state index >= 15 is 0 Å². The van der Waals surface area contributed by atoms with Crippen LogP contribution in [0.25, 0.3) is 0 Å². The summed E-state index contributed by atoms with van der Waals surface area (Å²) in [6.45, 7) is 4.50. The molecule has 19 heteroatoms. The molecule has 606 valence electrons. The highest BCUT2D eigenvalue weighted by Crippen LogP contribution is 2.45. The summed E-state index contributed by atoms with van der Waals surface area (Å²) in [6, 6.07) is 0. The highest BCUT2D eigenvalue weighted by Gasteiger charge is 2.30. The van der Waals surface area contributed by atoms with Crippen molar-refractivity contribution in [2.75, 3.05) is 39.6 Å². The Morgan fingerprint density at radius 3 is 0.774 bits per heavy atom. The topological polar surface area (TPSA) is 237 Å². The summed E-state index contributed by atoms with van der Waals surface area (Å²) in [5, 5.41) is 10.6. The molecule has 0 rings (SSSR count). The van der Waals surface area contributed by atoms with E-state index in [-0.39, 0.29) is 25.7 Å². The van der Waals surface area contributed by atoms with Gasteiger partial charge < -0.3 is 33.8 Å². The SMILES string of the molecule is CC/C=C\C/C=C\C/C=C\C/C=C\C/C=C\C/C=C\CCC(=O)OC[C@H](COP(=O)(O)OC[C@@H](O)COP(=O)(O)OC[C@@H](COC(=O)CCCCCCCCCCCCCCC)OC(=O)CC/C=C\C/C=C\C/C=C\C/C=C\C/C=C\C/C=C\CC)OC(=O)CCCCCCCCCCCCCCCCC. The Morgan fingerprint density at radius 2 is 0.491 bits per heavy atom. The Hall–Kier alpha value is -5.06. The van der Waals surface area contributed by atoms with E-state index in [4.69, 9.17) is 37.0 Å². The smallest absolute Gasteiger partial charge is 0.462 e. The zero-order chi connectivity index (χ0) is 77.4. The molecule has 0 amide bonds. The van der Waals surface area contributed by atoms with Gasteiger partial charge in [-0.3, -0.25) is 37.3 Å². The van der Waals surface area contributed by atoms with Gasteiger partial charge in [0.05, 0.1) is 26.4 Å². The zero-order valence-electron chi connectivity index (χ0n) is 66.3. The molecule has 3 N–H and O–H groups in total. The van der Waals surface area contributed by atoms with Crippen LogP contribution in [0.3, 0.4) is 0 Å². The summed E-state index contributed by atoms with van der Waals surface area (Å²) in [7, 11) is -10.0. The van der Waals surface area contributed by atoms with Crippen molar-refractivity contribution in [3.8, 4) is 0 Å². The van der Waals surface area contributed by atoms with Gasteiger partial charge in [-0.1, -0.05) is 340 Å². The quantitative estimate of drug-likeness (QED) is 0.0169. The average Bonchev–Trinajstić information content (AvgIpc) is 0.902. The molecule has 0 fully saturated rings. The van der Waals surface area contributed by atoms with Crippen molar-refractivity contribution in [2.24, 2.45) is 0 Å². The lowest BCUT2D eigenvalue weighted by molar-refractivity contribution is -0.161. The Morgan fingerprint density at radius 1 is 0.274 bits per heavy atom. The lowest BCUT2D eigenvalue weighted by atomic mass is 10.0. The fraction of sp³-hybridized carbons (Fsp3) is 0.678. The second-order valence-corrected chi connectivity index (χ2v) is 29.9. The molecule has 0 heterocycles. The molecule has 0 spiro atoms. The molecule has 0 saturated heterocycles. The predicted octanol–water partition coefficient (Wildman–Crippen LogP) is 24.2. The third kappa shape index (κ3) is 77.1. The van der Waals surface area contributed by atoms with E-state index in [1.165, 1.54) is 116 Å². The van der Waals surface area contributed by atoms with Crippen LogP contribution in [0, 0.1) is 0 Å². The zero-order valence-corrected chi connectivity index (χ0v) is 68.1. The van der Waals surface area contributed by atoms with Crippen molar-refractivity contribution < 1.29 is 80.2 Å². The van der Waals surface area contributed by atoms with Gasteiger partial charge in [0.1, 0.15) is 19.3 Å². The molecule has 0 aromatic rings. The van der Waals surface area contributed by atoms with Crippen LogP contribution < -0.4 is 0 Å². The van der Waals surface area contributed by atoms with Crippen LogP contribution in [-0.2, 0) is 65.4 Å². The van der Waals surface area contributed by atoms with Crippen molar-refractivity contribution in [3.63, 3.8) is 0 Å². The molecular formula is C87H146O17P2. The fourth-order valence-corrected chi connectivity index (χ4v) is 12.3. The van der Waals surface area contributed by atoms with Crippen molar-refractivity contribution in [3.05, 3.63) is 146 Å². The molecule has 0 bridgehead atoms. The lowest BCUT2D eigenvalue weighted by Gasteiger charge is -2.21. The van der Waals surface area contributed by atoms with Gasteiger partial charge in [0.15, 0.2) is 12.2 Å². The summed E-state index contributed by atoms with van der Waals surface area (Å²) in [4.78, 5) is 73.0. The number of phosphoric acid groups is 2. The second-order valence-electron chi connectivity index (χ2n) is 27.0. The molecule has 2 unspecified atom stereocenters. The number of phosphoric ester groups is 2. The van der Waals surface area contributed by atoms with Gasteiger partial charge in [0.25, 0.3) is 0 Å². The maximum atomic E-state index is 13.1. The Bertz CT molecular complexity index is 2580. The highest BCUT2D eigenvalue weighted by atomic mass is 31.2. The summed E-state index contributed by atoms with van der Waals surface area (Å²) in [5.74, 6) is -2.36. The number of allylic oxidation sites excluding steroid dienone is 24. The lowest BCUT2D eigenvalue weighted by Crippen LogP contribution is -2.30. The van der Waals surface area contributed by atoms with E-state index in [2.05, 4.69) is 137 Å². The van der Waals surface area contributed by atoms with Crippen molar-refractivity contribution in [1.29, 1.82) is 0 Å². The molecule has 0 saturated carbocycles. The van der Waals surface area contributed by atoms with Gasteiger partial charge in [0.2, 0.25) is 0 Å². The normalized spacial score (nSPS) is 14.6. The first-order valence-corrected chi connectivity index (χ1v) is 44.1. The number of carbonyl (C=O) groups excluding carboxylic acids is 4. The van der Waals surface area contributed by atoms with E-state index < -0.39 is 97.5 Å². The van der Waals surface area contributed by atoms with E-state index in [1.807, 2.05) is 36.5 Å². The standard InChI is InChI=1S/C87H146O17P2/c1-5-9-13-17-21-25-29-33-36-38-40-42-45-48-52-56-60-64-68-72-85(90)98-78-83(103-86(91)73-69-65-61-57-53-49-44-35-31-27-23-19-15-11-7-3)80-102-106(95,96)100-76-81(88)75-99-105(93,94)101-79-82(77-97-84(89)71-67-63-59-55-51-47-32-28-24-20-16-12-8-4)104-87(92)74-70-66-62-58-54-50-46-43-41-39-37-34-30-26-22-18-14-10-6-2/h9-10,13-14,21-22,25-26,33-34,36-37,40-43,48,50,52,54,60,62,64,66,81-83,88H,5-8,11-12,15-20,23-24,27-32,35,38-39,44-47,49,51,53,55-59,61,63,65,67-80H2,1-4H3,(H,93,94)(H,95,96)/b13-9-,14-10-,25-21-,26-22-,36-33-,37-34-,42-40-,43-41-,52-48-,54-50-,64-60-,66-62-/t81-,82+,83+/m0/s1. The van der Waals surface area contributed by atoms with Crippen LogP contribution in [0.2, 0.25) is 0 Å². The molecule has 0 aliphatic heterocycles. The molecule has 5 atom stereocenters. The van der Waals surface area contributed by atoms with E-state index in [0.29, 0.717) is 38.5 Å². The first-order valence-electron chi connectivity index (χ1n) is 41.1. The van der Waals surface area contributed by atoms with Crippen LogP contribution in [0.1, 0.15) is 323 Å². The van der Waals surface area contributed by atoms with Crippen molar-refractivity contribution in [2.45, 2.75) is 341 Å². The predicted molar refractivity (Wildman–Crippen MR) is 436 cm³/mol. The monoisotopic (exact) mass is 1530 g/mol. The number of carbonyl (C=O) groups is 4. The first kappa shape index (κ1) is 101. The maximum Gasteiger partial charge on any atom is 0.472 e. The number of hydrogen-bond donors (Lipinski definition) is 3. The highest BCUT2D eigenvalue weighted by molar-refractivity contribution is 7.47. The van der Waals surface area contributed by atoms with Gasteiger partial charge in [-0.05, 0) is 103 Å². The van der Waals surface area contributed by atoms with Gasteiger partial charge >= 0.3 is 39.5 Å². The summed E-state index contributed by atoms with van der Waals surface area (Å²) >= 11 is 0. The molecule has 106 heavy (non-hydrogen) atoms. The first-order chi connectivity index (χ1) is 51.7. The Labute approximate surface area is 643 Å². The molecule has 0 aliphatic carbocycles. The Kier molecular flexibility index (Phi) is 74.3. The number of hydrogen-bond acceptors (Lipinski definition) is 15. The Balaban J connectivity index is 5.48. The number of aliphatic hydroxyl groups excluding tert-OH is 1. The minimum atomic E-state index is -5.00. The van der Waals surface area contributed by atoms with Crippen molar-refractivity contribution in [1.82, 2.24) is 0 Å². The van der Waals surface area contributed by atoms with Crippen molar-refractivity contribution >= 4 is 39.5 Å². The van der Waals surface area contributed by atoms with Crippen LogP contribution in [0.5, 0.6) is 0 Å². The number of aliphatic hydroxyl groups is 1. The van der Waals surface area contributed by atoms with Crippen LogP contribution >= 0.6 is 15.6 Å². The second kappa shape index (κ2) is 78.1. The summed E-state index contributed by atoms with van der Waals surface area (Å²) < 4.78 is 68.5. The molecule has 0 aromatic heterocycles. The number of rotatable bonds is 76. The van der Waals surface area contributed by atoms with E-state index in [0.717, 1.165) is 116 Å². The number of unbranched alkanes of at least 4 members (excludes halogenated alkanes) is 26. The van der Waals surface area contributed by atoms with Crippen LogP contribution in [-0.4, -0.2) is 96.7 Å². The van der Waals surface area contributed by atoms with Gasteiger partial charge in [-0.25, -0.2) is 9.13 Å². The van der Waals surface area contributed by atoms with Gasteiger partial charge in [0, 0.05) is 25.7 Å². The van der Waals surface area contributed by atoms with Gasteiger partial charge in [-0.2, -0.15) is 0 Å². The van der Waals surface area contributed by atoms with Gasteiger partial charge in [-0.15, -0.1) is 0 Å². The molecule has 0 aliphatic rings. The number of esters is 4. The third-order valence-corrected chi connectivity index (χ3v) is 18.8. The number of ether oxygens (including phenoxy) is 4. The summed E-state index contributed by atoms with van der Waals surface area (Å²) in [5.41, 5.74) is 0. The molecule has 17 nitrogen and oxygen atoms in total. The van der Waals surface area contributed by atoms with Crippen LogP contribution in [0.4, 0.5) is 0 Å². The molecule has 0 radical (unpaired) electrons. The average molecular weight is 1530 g/mol. The van der Waals surface area contributed by atoms with E-state index in [1.54, 1.807) is 0 Å². The van der Waals surface area contributed by atoms with Crippen LogP contribution in [0.15, 0.2) is 146 Å².